The van der Waals surface area contributed by atoms with Gasteiger partial charge in [0, 0.05) is 4.70 Å². The van der Waals surface area contributed by atoms with Gasteiger partial charge >= 0.3 is 11.9 Å². The van der Waals surface area contributed by atoms with Gasteiger partial charge in [-0.05, 0) is 17.5 Å². The Labute approximate surface area is 115 Å². The van der Waals surface area contributed by atoms with Crippen LogP contribution in [0, 0.1) is 0 Å². The van der Waals surface area contributed by atoms with E-state index in [-0.39, 0.29) is 5.89 Å². The van der Waals surface area contributed by atoms with Crippen LogP contribution >= 0.6 is 11.3 Å². The predicted octanol–water partition coefficient (Wildman–Crippen LogP) is 2.95. The summed E-state index contributed by atoms with van der Waals surface area (Å²) in [7, 11) is 0. The monoisotopic (exact) mass is 289 g/mol. The molecule has 0 unspecified atom stereocenters. The Kier molecular flexibility index (Phi) is 2.76. The van der Waals surface area contributed by atoms with Crippen LogP contribution in [0.25, 0.3) is 20.9 Å². The third-order valence-corrected chi connectivity index (χ3v) is 3.76. The average molecular weight is 289 g/mol. The first kappa shape index (κ1) is 12.4. The first-order valence-electron chi connectivity index (χ1n) is 5.52. The van der Waals surface area contributed by atoms with E-state index >= 15 is 0 Å². The van der Waals surface area contributed by atoms with Crippen LogP contribution in [-0.2, 0) is 0 Å². The fraction of sp³-hybridized carbons (Fsp3) is 0. The van der Waals surface area contributed by atoms with Crippen LogP contribution in [0.4, 0.5) is 0 Å². The molecule has 1 aromatic carbocycles. The van der Waals surface area contributed by atoms with Gasteiger partial charge < -0.3 is 14.6 Å². The molecule has 20 heavy (non-hydrogen) atoms. The summed E-state index contributed by atoms with van der Waals surface area (Å²) in [5, 5.41) is 18.8. The minimum atomic E-state index is -1.46. The van der Waals surface area contributed by atoms with Crippen LogP contribution in [0.15, 0.2) is 34.7 Å². The average Bonchev–Trinajstić information content (AvgIpc) is 3.02. The molecule has 0 amide bonds. The maximum atomic E-state index is 11.0. The number of carbonyl (C=O) groups is 2. The minimum Gasteiger partial charge on any atom is -0.476 e. The fourth-order valence-electron chi connectivity index (χ4n) is 1.80. The van der Waals surface area contributed by atoms with Gasteiger partial charge in [0.1, 0.15) is 0 Å². The predicted molar refractivity (Wildman–Crippen MR) is 71.2 cm³/mol. The number of carboxylic acids is 2. The second kappa shape index (κ2) is 4.46. The van der Waals surface area contributed by atoms with Crippen LogP contribution in [0.2, 0.25) is 0 Å². The van der Waals surface area contributed by atoms with E-state index < -0.39 is 23.4 Å². The molecule has 0 bridgehead atoms. The van der Waals surface area contributed by atoms with Crippen molar-refractivity contribution in [2.75, 3.05) is 0 Å². The van der Waals surface area contributed by atoms with E-state index in [1.54, 1.807) is 6.07 Å². The molecule has 0 spiro atoms. The lowest BCUT2D eigenvalue weighted by Crippen LogP contribution is -2.05. The highest BCUT2D eigenvalue weighted by Gasteiger charge is 2.25. The Morgan fingerprint density at radius 2 is 1.90 bits per heavy atom. The number of benzene rings is 1. The number of rotatable bonds is 3. The topological polar surface area (TPSA) is 101 Å². The maximum absolute atomic E-state index is 11.0. The maximum Gasteiger partial charge on any atom is 0.374 e. The van der Waals surface area contributed by atoms with Gasteiger partial charge in [-0.25, -0.2) is 14.6 Å². The van der Waals surface area contributed by atoms with Crippen molar-refractivity contribution in [2.24, 2.45) is 0 Å². The van der Waals surface area contributed by atoms with E-state index in [1.807, 2.05) is 24.3 Å². The molecule has 0 aliphatic carbocycles. The molecule has 0 atom stereocenters. The number of oxazole rings is 1. The van der Waals surface area contributed by atoms with Crippen molar-refractivity contribution in [3.05, 3.63) is 41.8 Å². The van der Waals surface area contributed by atoms with E-state index in [0.29, 0.717) is 4.88 Å². The van der Waals surface area contributed by atoms with Crippen LogP contribution in [0.5, 0.6) is 0 Å². The van der Waals surface area contributed by atoms with Crippen LogP contribution < -0.4 is 0 Å². The zero-order chi connectivity index (χ0) is 14.3. The largest absolute Gasteiger partial charge is 0.476 e. The number of hydrogen-bond donors (Lipinski definition) is 2. The highest BCUT2D eigenvalue weighted by Crippen LogP contribution is 2.33. The normalized spacial score (nSPS) is 10.8. The molecule has 0 fully saturated rings. The number of nitrogens with zero attached hydrogens (tertiary/aromatic N) is 1. The molecule has 6 nitrogen and oxygen atoms in total. The lowest BCUT2D eigenvalue weighted by molar-refractivity contribution is 0.0624. The van der Waals surface area contributed by atoms with E-state index in [4.69, 9.17) is 14.6 Å². The van der Waals surface area contributed by atoms with Crippen molar-refractivity contribution < 1.29 is 24.2 Å². The second-order valence-corrected chi connectivity index (χ2v) is 5.04. The lowest BCUT2D eigenvalue weighted by atomic mass is 10.2. The highest BCUT2D eigenvalue weighted by atomic mass is 32.1. The van der Waals surface area contributed by atoms with E-state index in [1.165, 1.54) is 11.3 Å². The number of carboxylic acid groups (broad SMARTS) is 2. The summed E-state index contributed by atoms with van der Waals surface area (Å²) in [5.41, 5.74) is -0.593. The van der Waals surface area contributed by atoms with Crippen molar-refractivity contribution in [1.29, 1.82) is 0 Å². The van der Waals surface area contributed by atoms with Gasteiger partial charge in [-0.1, -0.05) is 18.2 Å². The number of hydrogen-bond acceptors (Lipinski definition) is 5. The van der Waals surface area contributed by atoms with Gasteiger partial charge in [0.05, 0.1) is 4.88 Å². The van der Waals surface area contributed by atoms with E-state index in [0.717, 1.165) is 10.1 Å². The van der Waals surface area contributed by atoms with Crippen molar-refractivity contribution >= 4 is 33.4 Å². The molecule has 0 aliphatic rings. The summed E-state index contributed by atoms with van der Waals surface area (Å²) in [5.74, 6) is -3.55. The molecule has 2 N–H and O–H groups in total. The van der Waals surface area contributed by atoms with Gasteiger partial charge in [-0.2, -0.15) is 0 Å². The molecule has 3 rings (SSSR count). The molecule has 7 heteroatoms. The van der Waals surface area contributed by atoms with Crippen molar-refractivity contribution in [1.82, 2.24) is 4.98 Å². The van der Waals surface area contributed by atoms with Gasteiger partial charge in [-0.3, -0.25) is 0 Å². The SMILES string of the molecule is O=C(O)c1nc(-c2cc3ccccc3s2)oc1C(=O)O. The highest BCUT2D eigenvalue weighted by molar-refractivity contribution is 7.22. The summed E-state index contributed by atoms with van der Waals surface area (Å²) in [6.07, 6.45) is 0. The Morgan fingerprint density at radius 1 is 1.15 bits per heavy atom. The summed E-state index contributed by atoms with van der Waals surface area (Å²) >= 11 is 1.35. The third kappa shape index (κ3) is 1.94. The van der Waals surface area contributed by atoms with Crippen molar-refractivity contribution in [2.45, 2.75) is 0 Å². The molecule has 0 aliphatic heterocycles. The molecule has 2 heterocycles. The van der Waals surface area contributed by atoms with Crippen LogP contribution in [0.3, 0.4) is 0 Å². The first-order chi connectivity index (χ1) is 9.56. The molecular formula is C13H7NO5S. The summed E-state index contributed by atoms with van der Waals surface area (Å²) in [6, 6.07) is 9.34. The number of thiophene rings is 1. The van der Waals surface area contributed by atoms with Crippen molar-refractivity contribution in [3.63, 3.8) is 0 Å². The Morgan fingerprint density at radius 3 is 2.50 bits per heavy atom. The Bertz CT molecular complexity index is 768. The third-order valence-electron chi connectivity index (χ3n) is 2.66. The Balaban J connectivity index is 2.16. The zero-order valence-corrected chi connectivity index (χ0v) is 10.7. The van der Waals surface area contributed by atoms with Crippen molar-refractivity contribution in [3.8, 4) is 10.8 Å². The summed E-state index contributed by atoms with van der Waals surface area (Å²) < 4.78 is 6.05. The molecule has 2 aromatic heterocycles. The van der Waals surface area contributed by atoms with E-state index in [9.17, 15) is 9.59 Å². The fourth-order valence-corrected chi connectivity index (χ4v) is 2.79. The second-order valence-electron chi connectivity index (χ2n) is 3.96. The number of aromatic nitrogens is 1. The molecular weight excluding hydrogens is 282 g/mol. The molecule has 3 aromatic rings. The quantitative estimate of drug-likeness (QED) is 0.768. The summed E-state index contributed by atoms with van der Waals surface area (Å²) in [4.78, 5) is 26.3. The van der Waals surface area contributed by atoms with Gasteiger partial charge in [0.15, 0.2) is 0 Å². The molecule has 100 valence electrons. The van der Waals surface area contributed by atoms with Gasteiger partial charge in [-0.15, -0.1) is 11.3 Å². The van der Waals surface area contributed by atoms with Crippen LogP contribution in [0.1, 0.15) is 21.0 Å². The minimum absolute atomic E-state index is 0.000926. The summed E-state index contributed by atoms with van der Waals surface area (Å²) in [6.45, 7) is 0. The number of fused-ring (bicyclic) bond motifs is 1. The smallest absolute Gasteiger partial charge is 0.374 e. The number of aromatic carboxylic acids is 2. The van der Waals surface area contributed by atoms with Crippen LogP contribution in [-0.4, -0.2) is 27.1 Å². The lowest BCUT2D eigenvalue weighted by Gasteiger charge is -1.87. The first-order valence-corrected chi connectivity index (χ1v) is 6.34. The van der Waals surface area contributed by atoms with Gasteiger partial charge in [0.2, 0.25) is 17.3 Å². The molecule has 0 radical (unpaired) electrons. The molecule has 0 saturated carbocycles. The van der Waals surface area contributed by atoms with Gasteiger partial charge in [0.25, 0.3) is 0 Å². The van der Waals surface area contributed by atoms with E-state index in [2.05, 4.69) is 4.98 Å². The Hall–Kier alpha value is -2.67. The standard InChI is InChI=1S/C13H7NO5S/c15-12(16)9-10(13(17)18)19-11(14-9)8-5-6-3-1-2-4-7(6)20-8/h1-5H,(H,15,16)(H,17,18). The molecule has 0 saturated heterocycles. The zero-order valence-electron chi connectivity index (χ0n) is 9.86.